The number of aromatic nitrogens is 3. The van der Waals surface area contributed by atoms with Gasteiger partial charge in [0.2, 0.25) is 0 Å². The lowest BCUT2D eigenvalue weighted by Gasteiger charge is -2.33. The molecule has 0 radical (unpaired) electrons. The van der Waals surface area contributed by atoms with Crippen molar-refractivity contribution < 1.29 is 18.0 Å². The molecule has 3 heterocycles. The molecule has 2 aromatic heterocycles. The van der Waals surface area contributed by atoms with Crippen LogP contribution < -0.4 is 0 Å². The van der Waals surface area contributed by atoms with E-state index >= 15 is 0 Å². The molecular formula is C27H30F3N5OS. The van der Waals surface area contributed by atoms with Crippen LogP contribution in [0, 0.1) is 6.92 Å². The molecule has 1 unspecified atom stereocenters. The number of amides is 1. The van der Waals surface area contributed by atoms with Crippen molar-refractivity contribution >= 4 is 23.4 Å². The second kappa shape index (κ2) is 10.3. The topological polar surface area (TPSA) is 54.3 Å². The molecule has 3 aromatic rings. The maximum Gasteiger partial charge on any atom is 0.435 e. The van der Waals surface area contributed by atoms with Crippen molar-refractivity contribution in [2.75, 3.05) is 20.1 Å². The second-order valence-electron chi connectivity index (χ2n) is 9.82. The van der Waals surface area contributed by atoms with Crippen molar-refractivity contribution in [3.05, 3.63) is 75.1 Å². The van der Waals surface area contributed by atoms with Crippen LogP contribution in [0.1, 0.15) is 75.7 Å². The van der Waals surface area contributed by atoms with Crippen LogP contribution in [-0.4, -0.2) is 50.6 Å². The molecule has 1 atom stereocenters. The lowest BCUT2D eigenvalue weighted by Crippen LogP contribution is -2.33. The van der Waals surface area contributed by atoms with Crippen LogP contribution in [0.3, 0.4) is 0 Å². The van der Waals surface area contributed by atoms with E-state index in [1.165, 1.54) is 27.1 Å². The zero-order chi connectivity index (χ0) is 26.2. The third-order valence-corrected chi connectivity index (χ3v) is 8.38. The molecule has 196 valence electrons. The molecule has 1 saturated heterocycles. The summed E-state index contributed by atoms with van der Waals surface area (Å²) < 4.78 is 39.9. The Morgan fingerprint density at radius 1 is 1.16 bits per heavy atom. The number of likely N-dealkylation sites (tertiary alicyclic amines) is 1. The Balaban J connectivity index is 1.19. The molecule has 5 rings (SSSR count). The van der Waals surface area contributed by atoms with E-state index < -0.39 is 11.9 Å². The molecule has 6 nitrogen and oxygen atoms in total. The van der Waals surface area contributed by atoms with Crippen molar-refractivity contribution in [2.24, 2.45) is 0 Å². The zero-order valence-electron chi connectivity index (χ0n) is 20.9. The Morgan fingerprint density at radius 3 is 2.65 bits per heavy atom. The number of nitrogens with zero attached hydrogens (tertiary/aromatic N) is 5. The monoisotopic (exact) mass is 529 g/mol. The quantitative estimate of drug-likeness (QED) is 0.399. The van der Waals surface area contributed by atoms with E-state index in [2.05, 4.69) is 28.2 Å². The number of carbonyl (C=O) groups excluding carboxylic acids is 1. The number of fused-ring (bicyclic) bond motifs is 1. The molecule has 1 fully saturated rings. The van der Waals surface area contributed by atoms with Gasteiger partial charge in [-0.05, 0) is 56.2 Å². The molecule has 0 spiro atoms. The van der Waals surface area contributed by atoms with Crippen LogP contribution in [-0.2, 0) is 12.6 Å². The van der Waals surface area contributed by atoms with Gasteiger partial charge >= 0.3 is 6.18 Å². The van der Waals surface area contributed by atoms with Gasteiger partial charge in [-0.3, -0.25) is 4.79 Å². The van der Waals surface area contributed by atoms with E-state index in [0.29, 0.717) is 11.4 Å². The minimum Gasteiger partial charge on any atom is -0.376 e. The number of piperidine rings is 1. The van der Waals surface area contributed by atoms with Crippen LogP contribution in [0.25, 0.3) is 6.20 Å². The van der Waals surface area contributed by atoms with Crippen molar-refractivity contribution in [3.63, 3.8) is 0 Å². The van der Waals surface area contributed by atoms with Gasteiger partial charge in [0, 0.05) is 49.5 Å². The Morgan fingerprint density at radius 2 is 1.92 bits per heavy atom. The zero-order valence-corrected chi connectivity index (χ0v) is 21.7. The van der Waals surface area contributed by atoms with Gasteiger partial charge in [0.1, 0.15) is 5.69 Å². The summed E-state index contributed by atoms with van der Waals surface area (Å²) in [7, 11) is 1.87. The van der Waals surface area contributed by atoms with E-state index in [-0.39, 0.29) is 17.9 Å². The molecule has 0 saturated carbocycles. The van der Waals surface area contributed by atoms with E-state index in [0.717, 1.165) is 56.3 Å². The standard InChI is InChI=1S/C27H30F3N5OS/c1-18-16-24(27(28,29)30)32-35(18)15-14-34-12-10-20(11-13-34)25-31-22(17-37-25)26(36)33(2)23-9-5-7-19-6-3-4-8-21(19)23/h3-4,6,8,14-17,20,23H,5,7,9-13H2,1-2H3. The van der Waals surface area contributed by atoms with Gasteiger partial charge in [0.15, 0.2) is 5.69 Å². The number of aryl methyl sites for hydroxylation is 2. The largest absolute Gasteiger partial charge is 0.435 e. The molecule has 1 amide bonds. The highest BCUT2D eigenvalue weighted by Crippen LogP contribution is 2.35. The summed E-state index contributed by atoms with van der Waals surface area (Å²) in [6.07, 6.45) is 3.72. The van der Waals surface area contributed by atoms with Gasteiger partial charge in [0.05, 0.1) is 11.0 Å². The smallest absolute Gasteiger partial charge is 0.376 e. The van der Waals surface area contributed by atoms with Crippen molar-refractivity contribution in [2.45, 2.75) is 57.2 Å². The first kappa shape index (κ1) is 25.5. The van der Waals surface area contributed by atoms with Crippen LogP contribution in [0.15, 0.2) is 41.9 Å². The first-order valence-electron chi connectivity index (χ1n) is 12.6. The normalized spacial score (nSPS) is 18.8. The first-order valence-corrected chi connectivity index (χ1v) is 13.4. The van der Waals surface area contributed by atoms with E-state index in [1.807, 2.05) is 23.4 Å². The van der Waals surface area contributed by atoms with Crippen molar-refractivity contribution in [3.8, 4) is 0 Å². The summed E-state index contributed by atoms with van der Waals surface area (Å²) in [5.74, 6) is 0.220. The molecule has 0 N–H and O–H groups in total. The Hall–Kier alpha value is -3.14. The Labute approximate surface area is 218 Å². The average Bonchev–Trinajstić information content (AvgIpc) is 3.54. The maximum atomic E-state index is 13.3. The van der Waals surface area contributed by atoms with Gasteiger partial charge in [-0.25, -0.2) is 9.67 Å². The maximum absolute atomic E-state index is 13.3. The van der Waals surface area contributed by atoms with Crippen LogP contribution in [0.4, 0.5) is 13.2 Å². The van der Waals surface area contributed by atoms with Gasteiger partial charge in [-0.1, -0.05) is 24.3 Å². The van der Waals surface area contributed by atoms with E-state index in [1.54, 1.807) is 19.3 Å². The third-order valence-electron chi connectivity index (χ3n) is 7.38. The molecule has 1 aliphatic carbocycles. The summed E-state index contributed by atoms with van der Waals surface area (Å²) in [6, 6.07) is 9.48. The molecule has 2 aliphatic rings. The Bertz CT molecular complexity index is 1290. The van der Waals surface area contributed by atoms with Crippen LogP contribution in [0.2, 0.25) is 0 Å². The predicted octanol–water partition coefficient (Wildman–Crippen LogP) is 6.12. The predicted molar refractivity (Wildman–Crippen MR) is 137 cm³/mol. The minimum atomic E-state index is -4.45. The number of halogens is 3. The molecular weight excluding hydrogens is 499 g/mol. The summed E-state index contributed by atoms with van der Waals surface area (Å²) in [6.45, 7) is 3.12. The van der Waals surface area contributed by atoms with Crippen molar-refractivity contribution in [1.82, 2.24) is 24.6 Å². The number of hydrogen-bond acceptors (Lipinski definition) is 5. The third kappa shape index (κ3) is 5.44. The number of hydrogen-bond donors (Lipinski definition) is 0. The van der Waals surface area contributed by atoms with Crippen molar-refractivity contribution in [1.29, 1.82) is 0 Å². The van der Waals surface area contributed by atoms with Crippen LogP contribution >= 0.6 is 11.3 Å². The molecule has 0 bridgehead atoms. The number of benzene rings is 1. The highest BCUT2D eigenvalue weighted by atomic mass is 32.1. The van der Waals surface area contributed by atoms with Gasteiger partial charge in [-0.2, -0.15) is 18.3 Å². The summed E-state index contributed by atoms with van der Waals surface area (Å²) in [4.78, 5) is 21.9. The molecule has 1 aliphatic heterocycles. The highest BCUT2D eigenvalue weighted by molar-refractivity contribution is 7.09. The number of rotatable bonds is 5. The fourth-order valence-corrected chi connectivity index (χ4v) is 6.22. The van der Waals surface area contributed by atoms with E-state index in [4.69, 9.17) is 4.98 Å². The lowest BCUT2D eigenvalue weighted by atomic mass is 9.87. The van der Waals surface area contributed by atoms with Gasteiger partial charge in [0.25, 0.3) is 5.91 Å². The highest BCUT2D eigenvalue weighted by Gasteiger charge is 2.34. The fourth-order valence-electron chi connectivity index (χ4n) is 5.26. The summed E-state index contributed by atoms with van der Waals surface area (Å²) in [5.41, 5.74) is 2.60. The number of alkyl halides is 3. The van der Waals surface area contributed by atoms with Crippen LogP contribution in [0.5, 0.6) is 0 Å². The van der Waals surface area contributed by atoms with E-state index in [9.17, 15) is 18.0 Å². The lowest BCUT2D eigenvalue weighted by molar-refractivity contribution is -0.141. The van der Waals surface area contributed by atoms with Gasteiger partial charge in [-0.15, -0.1) is 11.3 Å². The fraction of sp³-hybridized carbons (Fsp3) is 0.444. The number of carbonyl (C=O) groups is 1. The SMILES string of the molecule is Cc1cc(C(F)(F)F)nn1C=CN1CCC(c2nc(C(=O)N(C)C3CCCc4ccccc43)cs2)CC1. The first-order chi connectivity index (χ1) is 17.7. The molecule has 1 aromatic carbocycles. The molecule has 10 heteroatoms. The summed E-state index contributed by atoms with van der Waals surface area (Å²) in [5, 5.41) is 6.48. The minimum absolute atomic E-state index is 0.0441. The number of thiazole rings is 1. The average molecular weight is 530 g/mol. The second-order valence-corrected chi connectivity index (χ2v) is 10.7. The molecule has 37 heavy (non-hydrogen) atoms. The summed E-state index contributed by atoms with van der Waals surface area (Å²) >= 11 is 1.54. The van der Waals surface area contributed by atoms with Gasteiger partial charge < -0.3 is 9.80 Å². The Kier molecular flexibility index (Phi) is 7.11.